The largest absolute Gasteiger partial charge is 0.338 e. The Morgan fingerprint density at radius 1 is 1.09 bits per heavy atom. The zero-order valence-electron chi connectivity index (χ0n) is 18.6. The Bertz CT molecular complexity index is 1300. The quantitative estimate of drug-likeness (QED) is 0.494. The van der Waals surface area contributed by atoms with Crippen molar-refractivity contribution in [2.45, 2.75) is 32.6 Å². The molecule has 5 rings (SSSR count). The first-order valence-electron chi connectivity index (χ1n) is 11.0. The Kier molecular flexibility index (Phi) is 5.17. The molecule has 0 saturated carbocycles. The van der Waals surface area contributed by atoms with E-state index in [1.165, 1.54) is 0 Å². The van der Waals surface area contributed by atoms with Crippen LogP contribution in [-0.2, 0) is 7.05 Å². The summed E-state index contributed by atoms with van der Waals surface area (Å²) in [6.07, 6.45) is 7.40. The maximum absolute atomic E-state index is 13.4. The number of aromatic nitrogens is 5. The molecule has 0 spiro atoms. The van der Waals surface area contributed by atoms with Gasteiger partial charge in [-0.05, 0) is 62.6 Å². The number of likely N-dealkylation sites (tertiary alicyclic amines) is 1. The summed E-state index contributed by atoms with van der Waals surface area (Å²) < 4.78 is 2.04. The summed E-state index contributed by atoms with van der Waals surface area (Å²) in [5.41, 5.74) is 5.66. The van der Waals surface area contributed by atoms with Gasteiger partial charge in [-0.2, -0.15) is 0 Å². The SMILES string of the molecule is Cc1ncc(-c2ccncc2)c([C@@H]2CCCN(C(=O)c3ccc4c(c3)nc(C)n4C)C2)n1. The van der Waals surface area contributed by atoms with Crippen molar-refractivity contribution in [1.29, 1.82) is 0 Å². The van der Waals surface area contributed by atoms with Crippen molar-refractivity contribution in [3.63, 3.8) is 0 Å². The van der Waals surface area contributed by atoms with Gasteiger partial charge in [-0.1, -0.05) is 0 Å². The number of hydrogen-bond acceptors (Lipinski definition) is 5. The van der Waals surface area contributed by atoms with Crippen LogP contribution in [0.3, 0.4) is 0 Å². The van der Waals surface area contributed by atoms with Crippen molar-refractivity contribution in [3.05, 3.63) is 71.8 Å². The van der Waals surface area contributed by atoms with E-state index in [0.29, 0.717) is 12.1 Å². The fourth-order valence-corrected chi connectivity index (χ4v) is 4.57. The third-order valence-electron chi connectivity index (χ3n) is 6.38. The van der Waals surface area contributed by atoms with E-state index >= 15 is 0 Å². The Morgan fingerprint density at radius 3 is 2.72 bits per heavy atom. The summed E-state index contributed by atoms with van der Waals surface area (Å²) >= 11 is 0. The Morgan fingerprint density at radius 2 is 1.91 bits per heavy atom. The second-order valence-corrected chi connectivity index (χ2v) is 8.46. The number of imidazole rings is 1. The summed E-state index contributed by atoms with van der Waals surface area (Å²) in [7, 11) is 1.99. The van der Waals surface area contributed by atoms with Crippen molar-refractivity contribution < 1.29 is 4.79 Å². The van der Waals surface area contributed by atoms with Crippen molar-refractivity contribution in [1.82, 2.24) is 29.4 Å². The third kappa shape index (κ3) is 3.64. The number of rotatable bonds is 3. The van der Waals surface area contributed by atoms with E-state index in [0.717, 1.165) is 58.9 Å². The fourth-order valence-electron chi connectivity index (χ4n) is 4.57. The first kappa shape index (κ1) is 20.3. The standard InChI is InChI=1S/C25H26N6O/c1-16-27-14-21(18-8-10-26-11-9-18)24(28-16)20-5-4-12-31(15-20)25(32)19-6-7-23-22(13-19)29-17(2)30(23)3/h6-11,13-14,20H,4-5,12,15H2,1-3H3/t20-/m1/s1. The van der Waals surface area contributed by atoms with Gasteiger partial charge in [0.25, 0.3) is 5.91 Å². The number of piperidine rings is 1. The second kappa shape index (κ2) is 8.15. The van der Waals surface area contributed by atoms with Crippen LogP contribution in [0.15, 0.2) is 48.9 Å². The summed E-state index contributed by atoms with van der Waals surface area (Å²) in [6, 6.07) is 9.76. The van der Waals surface area contributed by atoms with E-state index in [9.17, 15) is 4.79 Å². The predicted molar refractivity (Wildman–Crippen MR) is 123 cm³/mol. The van der Waals surface area contributed by atoms with Crippen LogP contribution in [0.4, 0.5) is 0 Å². The van der Waals surface area contributed by atoms with Crippen LogP contribution >= 0.6 is 0 Å². The first-order chi connectivity index (χ1) is 15.5. The summed E-state index contributed by atoms with van der Waals surface area (Å²) in [6.45, 7) is 5.28. The van der Waals surface area contributed by atoms with Crippen LogP contribution in [0, 0.1) is 13.8 Å². The van der Waals surface area contributed by atoms with Gasteiger partial charge in [0.1, 0.15) is 11.6 Å². The number of amides is 1. The predicted octanol–water partition coefficient (Wildman–Crippen LogP) is 4.06. The lowest BCUT2D eigenvalue weighted by Crippen LogP contribution is -2.39. The molecule has 0 unspecified atom stereocenters. The molecular formula is C25H26N6O. The molecule has 1 aliphatic heterocycles. The van der Waals surface area contributed by atoms with Crippen LogP contribution in [-0.4, -0.2) is 48.4 Å². The summed E-state index contributed by atoms with van der Waals surface area (Å²) in [4.78, 5) is 33.3. The molecule has 32 heavy (non-hydrogen) atoms. The maximum Gasteiger partial charge on any atom is 0.253 e. The maximum atomic E-state index is 13.4. The van der Waals surface area contributed by atoms with Gasteiger partial charge in [0.2, 0.25) is 0 Å². The van der Waals surface area contributed by atoms with Gasteiger partial charge in [-0.15, -0.1) is 0 Å². The number of benzene rings is 1. The lowest BCUT2D eigenvalue weighted by Gasteiger charge is -2.33. The molecule has 7 heteroatoms. The molecule has 1 amide bonds. The molecule has 1 saturated heterocycles. The molecule has 1 aliphatic rings. The summed E-state index contributed by atoms with van der Waals surface area (Å²) in [5, 5.41) is 0. The van der Waals surface area contributed by atoms with Gasteiger partial charge in [-0.25, -0.2) is 15.0 Å². The van der Waals surface area contributed by atoms with E-state index in [2.05, 4.69) is 15.0 Å². The number of fused-ring (bicyclic) bond motifs is 1. The molecule has 7 nitrogen and oxygen atoms in total. The van der Waals surface area contributed by atoms with Gasteiger partial charge < -0.3 is 9.47 Å². The van der Waals surface area contributed by atoms with Crippen molar-refractivity contribution in [2.75, 3.05) is 13.1 Å². The number of carbonyl (C=O) groups excluding carboxylic acids is 1. The number of carbonyl (C=O) groups is 1. The average Bonchev–Trinajstić information content (AvgIpc) is 3.12. The topological polar surface area (TPSA) is 76.8 Å². The zero-order chi connectivity index (χ0) is 22.2. The first-order valence-corrected chi connectivity index (χ1v) is 11.0. The highest BCUT2D eigenvalue weighted by atomic mass is 16.2. The van der Waals surface area contributed by atoms with Crippen LogP contribution in [0.25, 0.3) is 22.2 Å². The number of aryl methyl sites for hydroxylation is 3. The van der Waals surface area contributed by atoms with Crippen molar-refractivity contribution in [3.8, 4) is 11.1 Å². The highest BCUT2D eigenvalue weighted by Crippen LogP contribution is 2.33. The minimum absolute atomic E-state index is 0.0520. The van der Waals surface area contributed by atoms with Crippen LogP contribution in [0.5, 0.6) is 0 Å². The molecule has 4 aromatic rings. The molecule has 1 fully saturated rings. The van der Waals surface area contributed by atoms with E-state index < -0.39 is 0 Å². The highest BCUT2D eigenvalue weighted by Gasteiger charge is 2.28. The molecule has 3 aromatic heterocycles. The smallest absolute Gasteiger partial charge is 0.253 e. The van der Waals surface area contributed by atoms with Gasteiger partial charge in [0.15, 0.2) is 0 Å². The van der Waals surface area contributed by atoms with E-state index in [-0.39, 0.29) is 11.8 Å². The molecule has 4 heterocycles. The van der Waals surface area contributed by atoms with Gasteiger partial charge in [0, 0.05) is 55.8 Å². The third-order valence-corrected chi connectivity index (χ3v) is 6.38. The lowest BCUT2D eigenvalue weighted by atomic mass is 9.89. The Balaban J connectivity index is 1.44. The van der Waals surface area contributed by atoms with Gasteiger partial charge in [0.05, 0.1) is 16.7 Å². The number of pyridine rings is 1. The Hall–Kier alpha value is -3.61. The molecule has 1 aromatic carbocycles. The molecule has 0 radical (unpaired) electrons. The van der Waals surface area contributed by atoms with E-state index in [1.54, 1.807) is 12.4 Å². The highest BCUT2D eigenvalue weighted by molar-refractivity contribution is 5.97. The normalized spacial score (nSPS) is 16.5. The number of nitrogens with zero attached hydrogens (tertiary/aromatic N) is 6. The van der Waals surface area contributed by atoms with Gasteiger partial charge >= 0.3 is 0 Å². The molecule has 0 aliphatic carbocycles. The van der Waals surface area contributed by atoms with Crippen molar-refractivity contribution >= 4 is 16.9 Å². The zero-order valence-corrected chi connectivity index (χ0v) is 18.6. The Labute approximate surface area is 187 Å². The van der Waals surface area contributed by atoms with E-state index in [1.807, 2.05) is 66.9 Å². The monoisotopic (exact) mass is 426 g/mol. The molecule has 1 atom stereocenters. The van der Waals surface area contributed by atoms with Gasteiger partial charge in [-0.3, -0.25) is 9.78 Å². The average molecular weight is 427 g/mol. The minimum Gasteiger partial charge on any atom is -0.338 e. The van der Waals surface area contributed by atoms with Crippen LogP contribution in [0.2, 0.25) is 0 Å². The molecule has 162 valence electrons. The second-order valence-electron chi connectivity index (χ2n) is 8.46. The lowest BCUT2D eigenvalue weighted by molar-refractivity contribution is 0.0706. The molecular weight excluding hydrogens is 400 g/mol. The summed E-state index contributed by atoms with van der Waals surface area (Å²) in [5.74, 6) is 1.90. The molecule has 0 N–H and O–H groups in total. The molecule has 0 bridgehead atoms. The van der Waals surface area contributed by atoms with Crippen molar-refractivity contribution in [2.24, 2.45) is 7.05 Å². The fraction of sp³-hybridized carbons (Fsp3) is 0.320. The number of hydrogen-bond donors (Lipinski definition) is 0. The minimum atomic E-state index is 0.0520. The van der Waals surface area contributed by atoms with Crippen LogP contribution in [0.1, 0.15) is 46.5 Å². The van der Waals surface area contributed by atoms with Crippen LogP contribution < -0.4 is 0 Å². The van der Waals surface area contributed by atoms with E-state index in [4.69, 9.17) is 4.98 Å².